The van der Waals surface area contributed by atoms with Crippen LogP contribution in [0.5, 0.6) is 5.75 Å². The van der Waals surface area contributed by atoms with Gasteiger partial charge < -0.3 is 4.74 Å². The predicted octanol–water partition coefficient (Wildman–Crippen LogP) is 1.30. The van der Waals surface area contributed by atoms with Crippen LogP contribution in [0.4, 0.5) is 0 Å². The summed E-state index contributed by atoms with van der Waals surface area (Å²) in [6, 6.07) is 4.48. The third-order valence-corrected chi connectivity index (χ3v) is 3.08. The van der Waals surface area contributed by atoms with Crippen LogP contribution in [0.25, 0.3) is 0 Å². The third kappa shape index (κ3) is 2.36. The van der Waals surface area contributed by atoms with E-state index in [2.05, 4.69) is 0 Å². The van der Waals surface area contributed by atoms with Crippen molar-refractivity contribution < 1.29 is 17.9 Å². The Morgan fingerprint density at radius 3 is 2.33 bits per heavy atom. The summed E-state index contributed by atoms with van der Waals surface area (Å²) in [5, 5.41) is 0. The smallest absolute Gasteiger partial charge is 0.179 e. The van der Waals surface area contributed by atoms with Crippen molar-refractivity contribution in [2.45, 2.75) is 11.8 Å². The highest BCUT2D eigenvalue weighted by Gasteiger charge is 2.18. The van der Waals surface area contributed by atoms with Gasteiger partial charge in [0.15, 0.2) is 15.6 Å². The molecule has 1 aromatic rings. The first kappa shape index (κ1) is 11.7. The minimum Gasteiger partial charge on any atom is -0.495 e. The van der Waals surface area contributed by atoms with Crippen molar-refractivity contribution in [3.63, 3.8) is 0 Å². The molecular weight excluding hydrogens is 216 g/mol. The van der Waals surface area contributed by atoms with Crippen LogP contribution < -0.4 is 4.74 Å². The molecule has 0 atom stereocenters. The Morgan fingerprint density at radius 2 is 1.93 bits per heavy atom. The summed E-state index contributed by atoms with van der Waals surface area (Å²) < 4.78 is 27.8. The number of ether oxygens (including phenoxy) is 1. The molecule has 0 spiro atoms. The van der Waals surface area contributed by atoms with Gasteiger partial charge in [-0.25, -0.2) is 8.42 Å². The van der Waals surface area contributed by atoms with Gasteiger partial charge in [0.2, 0.25) is 0 Å². The summed E-state index contributed by atoms with van der Waals surface area (Å²) in [7, 11) is -2.04. The highest BCUT2D eigenvalue weighted by molar-refractivity contribution is 7.90. The van der Waals surface area contributed by atoms with E-state index in [1.54, 1.807) is 0 Å². The molecule has 82 valence electrons. The van der Waals surface area contributed by atoms with Crippen LogP contribution in [0.15, 0.2) is 23.1 Å². The molecule has 0 heterocycles. The van der Waals surface area contributed by atoms with E-state index in [-0.39, 0.29) is 22.0 Å². The van der Waals surface area contributed by atoms with Gasteiger partial charge in [-0.05, 0) is 19.1 Å². The zero-order valence-electron chi connectivity index (χ0n) is 8.77. The number of para-hydroxylation sites is 1. The Morgan fingerprint density at radius 1 is 1.33 bits per heavy atom. The Kier molecular flexibility index (Phi) is 3.14. The summed E-state index contributed by atoms with van der Waals surface area (Å²) >= 11 is 0. The van der Waals surface area contributed by atoms with Crippen LogP contribution in [0.1, 0.15) is 17.3 Å². The van der Waals surface area contributed by atoms with E-state index in [1.165, 1.54) is 32.2 Å². The number of hydrogen-bond donors (Lipinski definition) is 0. The van der Waals surface area contributed by atoms with Crippen molar-refractivity contribution in [1.29, 1.82) is 0 Å². The molecule has 0 fully saturated rings. The first-order valence-electron chi connectivity index (χ1n) is 4.26. The molecule has 0 bridgehead atoms. The summed E-state index contributed by atoms with van der Waals surface area (Å²) in [6.45, 7) is 1.36. The molecular formula is C10H12O4S. The molecule has 0 aromatic heterocycles. The van der Waals surface area contributed by atoms with Crippen LogP contribution in [-0.2, 0) is 9.84 Å². The Hall–Kier alpha value is -1.36. The van der Waals surface area contributed by atoms with E-state index >= 15 is 0 Å². The molecule has 0 aliphatic carbocycles. The molecule has 0 saturated heterocycles. The van der Waals surface area contributed by atoms with Gasteiger partial charge in [0.25, 0.3) is 0 Å². The minimum atomic E-state index is -3.38. The van der Waals surface area contributed by atoms with Crippen molar-refractivity contribution in [2.75, 3.05) is 13.4 Å². The van der Waals surface area contributed by atoms with Crippen LogP contribution in [0, 0.1) is 0 Å². The van der Waals surface area contributed by atoms with E-state index < -0.39 is 9.84 Å². The summed E-state index contributed by atoms with van der Waals surface area (Å²) in [6.07, 6.45) is 1.08. The summed E-state index contributed by atoms with van der Waals surface area (Å²) in [5.41, 5.74) is 0.278. The molecule has 0 N–H and O–H groups in total. The predicted molar refractivity (Wildman–Crippen MR) is 56.1 cm³/mol. The average Bonchev–Trinajstić information content (AvgIpc) is 2.15. The molecule has 1 rings (SSSR count). The van der Waals surface area contributed by atoms with Crippen LogP contribution in [0.3, 0.4) is 0 Å². The molecule has 0 aliphatic rings. The lowest BCUT2D eigenvalue weighted by atomic mass is 10.1. The quantitative estimate of drug-likeness (QED) is 0.732. The molecule has 0 radical (unpaired) electrons. The van der Waals surface area contributed by atoms with E-state index in [4.69, 9.17) is 4.74 Å². The monoisotopic (exact) mass is 228 g/mol. The maximum Gasteiger partial charge on any atom is 0.179 e. The number of rotatable bonds is 3. The lowest BCUT2D eigenvalue weighted by Gasteiger charge is -2.09. The first-order valence-corrected chi connectivity index (χ1v) is 6.15. The van der Waals surface area contributed by atoms with Gasteiger partial charge in [-0.2, -0.15) is 0 Å². The van der Waals surface area contributed by atoms with Crippen molar-refractivity contribution in [3.05, 3.63) is 23.8 Å². The SMILES string of the molecule is COc1c(C(C)=O)cccc1S(C)(=O)=O. The Bertz CT molecular complexity index is 488. The third-order valence-electron chi connectivity index (χ3n) is 1.96. The lowest BCUT2D eigenvalue weighted by Crippen LogP contribution is -2.05. The number of benzene rings is 1. The maximum atomic E-state index is 11.4. The molecule has 0 saturated carbocycles. The van der Waals surface area contributed by atoms with Gasteiger partial charge in [0.1, 0.15) is 10.6 Å². The minimum absolute atomic E-state index is 0.0395. The van der Waals surface area contributed by atoms with Crippen molar-refractivity contribution >= 4 is 15.6 Å². The number of carbonyl (C=O) groups is 1. The van der Waals surface area contributed by atoms with Gasteiger partial charge in [-0.1, -0.05) is 6.07 Å². The molecule has 1 aromatic carbocycles. The Labute approximate surface area is 88.8 Å². The number of ketones is 1. The van der Waals surface area contributed by atoms with Crippen molar-refractivity contribution in [1.82, 2.24) is 0 Å². The van der Waals surface area contributed by atoms with E-state index in [0.717, 1.165) is 6.26 Å². The van der Waals surface area contributed by atoms with E-state index in [0.29, 0.717) is 0 Å². The second-order valence-corrected chi connectivity index (χ2v) is 5.15. The lowest BCUT2D eigenvalue weighted by molar-refractivity contribution is 0.101. The van der Waals surface area contributed by atoms with Crippen LogP contribution >= 0.6 is 0 Å². The normalized spacial score (nSPS) is 11.1. The first-order chi connectivity index (χ1) is 6.88. The van der Waals surface area contributed by atoms with Crippen LogP contribution in [0.2, 0.25) is 0 Å². The van der Waals surface area contributed by atoms with Crippen molar-refractivity contribution in [3.8, 4) is 5.75 Å². The number of methoxy groups -OCH3 is 1. The molecule has 5 heteroatoms. The number of sulfone groups is 1. The zero-order chi connectivity index (χ0) is 11.6. The maximum absolute atomic E-state index is 11.4. The highest BCUT2D eigenvalue weighted by Crippen LogP contribution is 2.27. The summed E-state index contributed by atoms with van der Waals surface area (Å²) in [4.78, 5) is 11.3. The van der Waals surface area contributed by atoms with E-state index in [9.17, 15) is 13.2 Å². The fourth-order valence-corrected chi connectivity index (χ4v) is 2.15. The van der Waals surface area contributed by atoms with Gasteiger partial charge in [0, 0.05) is 6.26 Å². The molecule has 0 aliphatic heterocycles. The fourth-order valence-electron chi connectivity index (χ4n) is 1.30. The average molecular weight is 228 g/mol. The van der Waals surface area contributed by atoms with E-state index in [1.807, 2.05) is 0 Å². The largest absolute Gasteiger partial charge is 0.495 e. The number of Topliss-reactive ketones (excluding diaryl/α,β-unsaturated/α-hetero) is 1. The van der Waals surface area contributed by atoms with Crippen molar-refractivity contribution in [2.24, 2.45) is 0 Å². The van der Waals surface area contributed by atoms with Gasteiger partial charge in [-0.15, -0.1) is 0 Å². The van der Waals surface area contributed by atoms with Gasteiger partial charge in [0.05, 0.1) is 12.7 Å². The Balaban J connectivity index is 3.56. The number of hydrogen-bond acceptors (Lipinski definition) is 4. The molecule has 15 heavy (non-hydrogen) atoms. The number of carbonyl (C=O) groups excluding carboxylic acids is 1. The van der Waals surface area contributed by atoms with Gasteiger partial charge >= 0.3 is 0 Å². The molecule has 0 amide bonds. The van der Waals surface area contributed by atoms with Gasteiger partial charge in [-0.3, -0.25) is 4.79 Å². The molecule has 4 nitrogen and oxygen atoms in total. The van der Waals surface area contributed by atoms with Crippen LogP contribution in [-0.4, -0.2) is 27.6 Å². The second kappa shape index (κ2) is 4.02. The standard InChI is InChI=1S/C10H12O4S/c1-7(11)8-5-4-6-9(10(8)14-2)15(3,12)13/h4-6H,1-3H3. The fraction of sp³-hybridized carbons (Fsp3) is 0.300. The molecule has 0 unspecified atom stereocenters. The summed E-state index contributed by atoms with van der Waals surface area (Å²) in [5.74, 6) is -0.107. The second-order valence-electron chi connectivity index (χ2n) is 3.17. The highest BCUT2D eigenvalue weighted by atomic mass is 32.2. The zero-order valence-corrected chi connectivity index (χ0v) is 9.59. The topological polar surface area (TPSA) is 60.4 Å².